The molecule has 2 aromatic heterocycles. The van der Waals surface area contributed by atoms with Gasteiger partial charge in [-0.25, -0.2) is 0 Å². The maximum absolute atomic E-state index is 13.0. The Hall–Kier alpha value is -5.11. The van der Waals surface area contributed by atoms with Crippen molar-refractivity contribution in [3.8, 4) is 34.5 Å². The lowest BCUT2D eigenvalue weighted by Gasteiger charge is -2.19. The van der Waals surface area contributed by atoms with Gasteiger partial charge >= 0.3 is 5.97 Å². The summed E-state index contributed by atoms with van der Waals surface area (Å²) in [6.45, 7) is 6.54. The molecule has 0 spiro atoms. The van der Waals surface area contributed by atoms with Crippen molar-refractivity contribution in [3.63, 3.8) is 0 Å². The van der Waals surface area contributed by atoms with Gasteiger partial charge in [0, 0.05) is 65.3 Å². The van der Waals surface area contributed by atoms with Crippen LogP contribution in [0, 0.1) is 0 Å². The van der Waals surface area contributed by atoms with E-state index in [1.165, 1.54) is 22.7 Å². The van der Waals surface area contributed by atoms with E-state index in [0.717, 1.165) is 57.3 Å². The predicted octanol–water partition coefficient (Wildman–Crippen LogP) is 10.8. The maximum atomic E-state index is 13.0. The molecule has 0 saturated carbocycles. The lowest BCUT2D eigenvalue weighted by Crippen LogP contribution is -2.23. The van der Waals surface area contributed by atoms with Gasteiger partial charge in [0.1, 0.15) is 17.1 Å². The van der Waals surface area contributed by atoms with Gasteiger partial charge in [0.05, 0.1) is 41.7 Å². The molecule has 14 heteroatoms. The maximum Gasteiger partial charge on any atom is 0.306 e. The summed E-state index contributed by atoms with van der Waals surface area (Å²) >= 11 is 8.36. The second-order valence-corrected chi connectivity index (χ2v) is 17.4. The number of benzene rings is 4. The van der Waals surface area contributed by atoms with Crippen molar-refractivity contribution in [1.29, 1.82) is 0 Å². The third-order valence-electron chi connectivity index (χ3n) is 9.31. The summed E-state index contributed by atoms with van der Waals surface area (Å²) in [5.41, 5.74) is -0.535. The fourth-order valence-electron chi connectivity index (χ4n) is 6.33. The van der Waals surface area contributed by atoms with Crippen LogP contribution in [0.25, 0.3) is 40.3 Å². The molecule has 0 aliphatic carbocycles. The molecule has 0 radical (unpaired) electrons. The van der Waals surface area contributed by atoms with Crippen molar-refractivity contribution in [2.45, 2.75) is 77.7 Å². The molecule has 320 valence electrons. The van der Waals surface area contributed by atoms with Gasteiger partial charge in [-0.05, 0) is 119 Å². The van der Waals surface area contributed by atoms with Crippen LogP contribution in [0.4, 0.5) is 0 Å². The monoisotopic (exact) mass is 878 g/mol. The molecule has 4 aromatic carbocycles. The van der Waals surface area contributed by atoms with E-state index in [2.05, 4.69) is 0 Å². The number of fused-ring (bicyclic) bond motifs is 4. The van der Waals surface area contributed by atoms with Crippen LogP contribution in [0.2, 0.25) is 0 Å². The van der Waals surface area contributed by atoms with E-state index in [1.54, 1.807) is 64.8 Å². The Labute approximate surface area is 362 Å². The minimum Gasteiger partial charge on any atom is -0.497 e. The minimum absolute atomic E-state index is 0.0405. The van der Waals surface area contributed by atoms with Crippen LogP contribution in [0.1, 0.15) is 72.1 Å². The van der Waals surface area contributed by atoms with Crippen molar-refractivity contribution in [3.05, 3.63) is 81.1 Å². The van der Waals surface area contributed by atoms with Crippen molar-refractivity contribution in [2.75, 3.05) is 41.7 Å². The van der Waals surface area contributed by atoms with E-state index in [1.807, 2.05) is 45.0 Å². The van der Waals surface area contributed by atoms with Gasteiger partial charge in [0.2, 0.25) is 5.24 Å². The van der Waals surface area contributed by atoms with Gasteiger partial charge in [0.15, 0.2) is 33.9 Å². The van der Waals surface area contributed by atoms with E-state index in [4.69, 9.17) is 44.8 Å². The summed E-state index contributed by atoms with van der Waals surface area (Å²) in [4.78, 5) is 48.5. The Kier molecular flexibility index (Phi) is 16.4. The van der Waals surface area contributed by atoms with Crippen molar-refractivity contribution in [1.82, 2.24) is 0 Å². The Bertz CT molecular complexity index is 2580. The average Bonchev–Trinajstić information content (AvgIpc) is 3.22. The number of methoxy groups -OCH3 is 4. The fourth-order valence-corrected chi connectivity index (χ4v) is 8.68. The van der Waals surface area contributed by atoms with E-state index < -0.39 is 5.60 Å². The summed E-state index contributed by atoms with van der Waals surface area (Å²) in [7, 11) is 6.37. The molecule has 0 saturated heterocycles. The van der Waals surface area contributed by atoms with Crippen molar-refractivity contribution >= 4 is 85.8 Å². The molecule has 6 aromatic rings. The summed E-state index contributed by atoms with van der Waals surface area (Å²) in [5.74, 6) is 3.51. The van der Waals surface area contributed by atoms with Gasteiger partial charge in [-0.2, -0.15) is 0 Å². The normalized spacial score (nSPS) is 11.3. The fraction of sp³-hybridized carbons (Fsp3) is 0.391. The number of hydrogen-bond donors (Lipinski definition) is 0. The highest BCUT2D eigenvalue weighted by molar-refractivity contribution is 7.25. The molecular formula is C46H51ClO11S2. The number of halogens is 1. The molecule has 0 aliphatic heterocycles. The Morgan fingerprint density at radius 1 is 0.533 bits per heavy atom. The summed E-state index contributed by atoms with van der Waals surface area (Å²) in [6.07, 6.45) is 5.52. The van der Waals surface area contributed by atoms with Gasteiger partial charge < -0.3 is 33.2 Å². The van der Waals surface area contributed by atoms with Gasteiger partial charge in [-0.15, -0.1) is 22.7 Å². The SMILES string of the molecule is COc1ccc2c(=O)c3cc(OCCCCCC(=O)Cl)c(OC)cc3sc2c1.COc1ccc2c(=O)c3cc(OCCCCCC(=O)OC(C)(C)C)c(OC)cc3sc2c1. The highest BCUT2D eigenvalue weighted by Gasteiger charge is 2.17. The molecule has 0 unspecified atom stereocenters. The topological polar surface area (TPSA) is 133 Å². The zero-order chi connectivity index (χ0) is 43.4. The lowest BCUT2D eigenvalue weighted by molar-refractivity contribution is -0.154. The number of hydrogen-bond acceptors (Lipinski definition) is 13. The van der Waals surface area contributed by atoms with E-state index in [9.17, 15) is 19.2 Å². The van der Waals surface area contributed by atoms with E-state index >= 15 is 0 Å². The zero-order valence-corrected chi connectivity index (χ0v) is 37.4. The first-order valence-electron chi connectivity index (χ1n) is 19.7. The summed E-state index contributed by atoms with van der Waals surface area (Å²) in [5, 5.41) is 2.20. The molecule has 0 aliphatic rings. The number of esters is 1. The summed E-state index contributed by atoms with van der Waals surface area (Å²) < 4.78 is 42.0. The highest BCUT2D eigenvalue weighted by atomic mass is 35.5. The smallest absolute Gasteiger partial charge is 0.306 e. The molecule has 0 amide bonds. The minimum atomic E-state index is -0.453. The van der Waals surface area contributed by atoms with Crippen LogP contribution >= 0.6 is 34.3 Å². The Morgan fingerprint density at radius 2 is 0.967 bits per heavy atom. The molecule has 6 rings (SSSR count). The molecule has 0 N–H and O–H groups in total. The van der Waals surface area contributed by atoms with Crippen LogP contribution in [0.3, 0.4) is 0 Å². The second-order valence-electron chi connectivity index (χ2n) is 14.8. The lowest BCUT2D eigenvalue weighted by atomic mass is 10.1. The van der Waals surface area contributed by atoms with Crippen LogP contribution < -0.4 is 39.3 Å². The first kappa shape index (κ1) is 46.0. The van der Waals surface area contributed by atoms with Gasteiger partial charge in [-0.1, -0.05) is 0 Å². The number of rotatable bonds is 18. The van der Waals surface area contributed by atoms with Crippen LogP contribution in [0.5, 0.6) is 34.5 Å². The molecule has 0 fully saturated rings. The van der Waals surface area contributed by atoms with E-state index in [-0.39, 0.29) is 22.1 Å². The van der Waals surface area contributed by atoms with Crippen LogP contribution in [-0.2, 0) is 14.3 Å². The largest absolute Gasteiger partial charge is 0.497 e. The molecule has 2 heterocycles. The highest BCUT2D eigenvalue weighted by Crippen LogP contribution is 2.37. The first-order chi connectivity index (χ1) is 28.7. The third kappa shape index (κ3) is 12.2. The van der Waals surface area contributed by atoms with Crippen LogP contribution in [-0.4, -0.2) is 58.5 Å². The van der Waals surface area contributed by atoms with Crippen molar-refractivity contribution in [2.24, 2.45) is 0 Å². The molecule has 11 nitrogen and oxygen atoms in total. The average molecular weight is 879 g/mol. The molecule has 0 bridgehead atoms. The Morgan fingerprint density at radius 3 is 1.37 bits per heavy atom. The number of carbonyl (C=O) groups excluding carboxylic acids is 2. The van der Waals surface area contributed by atoms with Crippen molar-refractivity contribution < 1.29 is 42.7 Å². The molecule has 0 atom stereocenters. The van der Waals surface area contributed by atoms with E-state index in [0.29, 0.717) is 82.1 Å². The zero-order valence-electron chi connectivity index (χ0n) is 35.0. The second kappa shape index (κ2) is 21.4. The summed E-state index contributed by atoms with van der Waals surface area (Å²) in [6, 6.07) is 18.1. The number of unbranched alkanes of at least 4 members (excludes halogenated alkanes) is 4. The standard InChI is InChI=1S/C25H30O6S.C21H21ClO5S/c1-25(2,3)31-23(26)9-7-6-8-12-30-20-14-18-22(15-19(20)29-5)32-21-13-16(28-4)10-11-17(21)24(18)27;1-25-13-7-8-14-18(10-13)28-19-12-16(26-2)17(11-15(19)21(14)24)27-9-5-3-4-6-20(22)23/h10-11,13-15H,6-9,12H2,1-5H3;7-8,10-12H,3-6,9H2,1-2H3. The first-order valence-corrected chi connectivity index (χ1v) is 21.7. The predicted molar refractivity (Wildman–Crippen MR) is 242 cm³/mol. The van der Waals surface area contributed by atoms with Gasteiger partial charge in [-0.3, -0.25) is 19.2 Å². The number of ether oxygens (including phenoxy) is 7. The van der Waals surface area contributed by atoms with Crippen LogP contribution in [0.15, 0.2) is 70.3 Å². The molecular weight excluding hydrogens is 828 g/mol. The number of carbonyl (C=O) groups is 2. The Balaban J connectivity index is 0.000000230. The van der Waals surface area contributed by atoms with Gasteiger partial charge in [0.25, 0.3) is 0 Å². The molecule has 60 heavy (non-hydrogen) atoms. The third-order valence-corrected chi connectivity index (χ3v) is 11.7. The quantitative estimate of drug-likeness (QED) is 0.0353.